The molecule has 0 fully saturated rings. The van der Waals surface area contributed by atoms with Crippen molar-refractivity contribution < 1.29 is 14.7 Å². The van der Waals surface area contributed by atoms with Crippen LogP contribution in [-0.4, -0.2) is 11.9 Å². The monoisotopic (exact) mass is 268 g/mol. The van der Waals surface area contributed by atoms with E-state index in [2.05, 4.69) is 5.32 Å². The molecule has 0 spiro atoms. The van der Waals surface area contributed by atoms with Crippen LogP contribution in [0.5, 0.6) is 0 Å². The zero-order chi connectivity index (χ0) is 14.5. The van der Waals surface area contributed by atoms with Crippen molar-refractivity contribution in [2.45, 2.75) is 13.3 Å². The van der Waals surface area contributed by atoms with Crippen LogP contribution in [0.2, 0.25) is 0 Å². The van der Waals surface area contributed by atoms with E-state index in [0.29, 0.717) is 11.3 Å². The summed E-state index contributed by atoms with van der Waals surface area (Å²) in [6.45, 7) is 2.05. The van der Waals surface area contributed by atoms with E-state index in [0.717, 1.165) is 6.42 Å². The number of aryl methyl sites for hydroxylation is 1. The van der Waals surface area contributed by atoms with E-state index in [4.69, 9.17) is 0 Å². The predicted octanol–water partition coefficient (Wildman–Crippen LogP) is 1.86. The molecule has 0 bridgehead atoms. The Morgan fingerprint density at radius 3 is 2.00 bits per heavy atom. The van der Waals surface area contributed by atoms with Gasteiger partial charge in [-0.3, -0.25) is 4.79 Å². The molecule has 0 saturated carbocycles. The fourth-order valence-corrected chi connectivity index (χ4v) is 1.78. The van der Waals surface area contributed by atoms with Gasteiger partial charge in [-0.1, -0.05) is 31.2 Å². The number of carbonyl (C=O) groups excluding carboxylic acids is 2. The van der Waals surface area contributed by atoms with Crippen LogP contribution < -0.4 is 10.4 Å². The highest BCUT2D eigenvalue weighted by molar-refractivity contribution is 6.04. The molecule has 2 aromatic carbocycles. The number of anilines is 1. The Hall–Kier alpha value is -2.62. The Bertz CT molecular complexity index is 615. The Morgan fingerprint density at radius 1 is 0.950 bits per heavy atom. The zero-order valence-corrected chi connectivity index (χ0v) is 11.1. The highest BCUT2D eigenvalue weighted by atomic mass is 16.4. The molecule has 20 heavy (non-hydrogen) atoms. The van der Waals surface area contributed by atoms with Gasteiger partial charge in [-0.25, -0.2) is 0 Å². The van der Waals surface area contributed by atoms with Gasteiger partial charge in [0.1, 0.15) is 0 Å². The minimum absolute atomic E-state index is 0.0790. The number of hydrogen-bond donors (Lipinski definition) is 1. The van der Waals surface area contributed by atoms with Crippen LogP contribution in [-0.2, 0) is 6.42 Å². The first-order valence-corrected chi connectivity index (χ1v) is 6.32. The third kappa shape index (κ3) is 3.23. The predicted molar refractivity (Wildman–Crippen MR) is 74.5 cm³/mol. The summed E-state index contributed by atoms with van der Waals surface area (Å²) < 4.78 is 0. The largest absolute Gasteiger partial charge is 0.545 e. The number of aromatic carboxylic acids is 1. The van der Waals surface area contributed by atoms with Gasteiger partial charge in [-0.05, 0) is 41.8 Å². The Morgan fingerprint density at radius 2 is 1.50 bits per heavy atom. The summed E-state index contributed by atoms with van der Waals surface area (Å²) in [5.74, 6) is -1.47. The Labute approximate surface area is 117 Å². The van der Waals surface area contributed by atoms with Crippen molar-refractivity contribution >= 4 is 17.6 Å². The molecular weight excluding hydrogens is 254 g/mol. The molecule has 102 valence electrons. The molecular formula is C16H14NO3-. The van der Waals surface area contributed by atoms with Gasteiger partial charge < -0.3 is 15.2 Å². The number of carboxylic acids is 1. The SMILES string of the molecule is CCc1ccc(C(=O)Nc2ccc(C(=O)[O-])cc2)cc1. The summed E-state index contributed by atoms with van der Waals surface area (Å²) in [6, 6.07) is 13.2. The smallest absolute Gasteiger partial charge is 0.255 e. The highest BCUT2D eigenvalue weighted by Crippen LogP contribution is 2.12. The first kappa shape index (κ1) is 13.8. The fraction of sp³-hybridized carbons (Fsp3) is 0.125. The van der Waals surface area contributed by atoms with E-state index in [1.165, 1.54) is 29.8 Å². The normalized spacial score (nSPS) is 10.1. The highest BCUT2D eigenvalue weighted by Gasteiger charge is 2.05. The van der Waals surface area contributed by atoms with Crippen molar-refractivity contribution in [2.24, 2.45) is 0 Å². The van der Waals surface area contributed by atoms with Crippen LogP contribution in [0.15, 0.2) is 48.5 Å². The average molecular weight is 268 g/mol. The van der Waals surface area contributed by atoms with Gasteiger partial charge in [0.2, 0.25) is 0 Å². The Balaban J connectivity index is 2.08. The van der Waals surface area contributed by atoms with E-state index in [1.54, 1.807) is 12.1 Å². The zero-order valence-electron chi connectivity index (χ0n) is 11.1. The third-order valence-electron chi connectivity index (χ3n) is 3.00. The minimum atomic E-state index is -1.24. The van der Waals surface area contributed by atoms with E-state index >= 15 is 0 Å². The van der Waals surface area contributed by atoms with Crippen LogP contribution in [0.1, 0.15) is 33.2 Å². The second-order valence-corrected chi connectivity index (χ2v) is 4.37. The van der Waals surface area contributed by atoms with Crippen LogP contribution in [0.4, 0.5) is 5.69 Å². The molecule has 4 heteroatoms. The van der Waals surface area contributed by atoms with Crippen LogP contribution in [0.3, 0.4) is 0 Å². The summed E-state index contributed by atoms with van der Waals surface area (Å²) in [4.78, 5) is 22.6. The molecule has 0 atom stereocenters. The van der Waals surface area contributed by atoms with Gasteiger partial charge in [0.05, 0.1) is 5.97 Å². The van der Waals surface area contributed by atoms with Gasteiger partial charge >= 0.3 is 0 Å². The lowest BCUT2D eigenvalue weighted by Crippen LogP contribution is -2.22. The molecule has 0 aliphatic heterocycles. The average Bonchev–Trinajstić information content (AvgIpc) is 2.48. The standard InChI is InChI=1S/C16H15NO3/c1-2-11-3-5-12(6-4-11)15(18)17-14-9-7-13(8-10-14)16(19)20/h3-10H,2H2,1H3,(H,17,18)(H,19,20)/p-1. The first-order chi connectivity index (χ1) is 9.60. The summed E-state index contributed by atoms with van der Waals surface area (Å²) >= 11 is 0. The van der Waals surface area contributed by atoms with Crippen LogP contribution in [0.25, 0.3) is 0 Å². The second-order valence-electron chi connectivity index (χ2n) is 4.37. The van der Waals surface area contributed by atoms with Crippen LogP contribution >= 0.6 is 0 Å². The van der Waals surface area contributed by atoms with Gasteiger partial charge in [-0.2, -0.15) is 0 Å². The summed E-state index contributed by atoms with van der Waals surface area (Å²) in [6.07, 6.45) is 0.923. The molecule has 0 saturated heterocycles. The number of rotatable bonds is 4. The van der Waals surface area contributed by atoms with Crippen molar-refractivity contribution in [2.75, 3.05) is 5.32 Å². The lowest BCUT2D eigenvalue weighted by Gasteiger charge is -2.07. The number of nitrogens with one attached hydrogen (secondary N) is 1. The second kappa shape index (κ2) is 6.02. The lowest BCUT2D eigenvalue weighted by atomic mass is 10.1. The van der Waals surface area contributed by atoms with Crippen LogP contribution in [0, 0.1) is 0 Å². The molecule has 0 unspecified atom stereocenters. The number of benzene rings is 2. The molecule has 0 aromatic heterocycles. The molecule has 4 nitrogen and oxygen atoms in total. The summed E-state index contributed by atoms with van der Waals surface area (Å²) in [5.41, 5.74) is 2.35. The molecule has 0 heterocycles. The Kier molecular flexibility index (Phi) is 4.15. The molecule has 0 aliphatic carbocycles. The molecule has 2 rings (SSSR count). The van der Waals surface area contributed by atoms with E-state index in [-0.39, 0.29) is 11.5 Å². The van der Waals surface area contributed by atoms with Gasteiger partial charge in [0, 0.05) is 11.3 Å². The summed E-state index contributed by atoms with van der Waals surface area (Å²) in [5, 5.41) is 13.3. The van der Waals surface area contributed by atoms with Crippen molar-refractivity contribution in [1.29, 1.82) is 0 Å². The van der Waals surface area contributed by atoms with Crippen molar-refractivity contribution in [1.82, 2.24) is 0 Å². The maximum absolute atomic E-state index is 12.0. The van der Waals surface area contributed by atoms with E-state index < -0.39 is 5.97 Å². The number of carboxylic acid groups (broad SMARTS) is 1. The van der Waals surface area contributed by atoms with E-state index in [9.17, 15) is 14.7 Å². The number of carbonyl (C=O) groups is 2. The topological polar surface area (TPSA) is 69.2 Å². The third-order valence-corrected chi connectivity index (χ3v) is 3.00. The minimum Gasteiger partial charge on any atom is -0.545 e. The van der Waals surface area contributed by atoms with Gasteiger partial charge in [-0.15, -0.1) is 0 Å². The molecule has 0 aliphatic rings. The molecule has 1 N–H and O–H groups in total. The van der Waals surface area contributed by atoms with Gasteiger partial charge in [0.15, 0.2) is 0 Å². The first-order valence-electron chi connectivity index (χ1n) is 6.32. The van der Waals surface area contributed by atoms with E-state index in [1.807, 2.05) is 19.1 Å². The maximum Gasteiger partial charge on any atom is 0.255 e. The maximum atomic E-state index is 12.0. The quantitative estimate of drug-likeness (QED) is 0.920. The lowest BCUT2D eigenvalue weighted by molar-refractivity contribution is -0.255. The molecule has 1 amide bonds. The fourth-order valence-electron chi connectivity index (χ4n) is 1.78. The number of hydrogen-bond acceptors (Lipinski definition) is 3. The van der Waals surface area contributed by atoms with Crippen molar-refractivity contribution in [3.05, 3.63) is 65.2 Å². The van der Waals surface area contributed by atoms with Crippen molar-refractivity contribution in [3.63, 3.8) is 0 Å². The molecule has 2 aromatic rings. The molecule has 0 radical (unpaired) electrons. The summed E-state index contributed by atoms with van der Waals surface area (Å²) in [7, 11) is 0. The van der Waals surface area contributed by atoms with Gasteiger partial charge in [0.25, 0.3) is 5.91 Å². The number of amides is 1. The van der Waals surface area contributed by atoms with Crippen molar-refractivity contribution in [3.8, 4) is 0 Å².